The fourth-order valence-corrected chi connectivity index (χ4v) is 4.36. The number of hydrogen-bond donors (Lipinski definition) is 2. The summed E-state index contributed by atoms with van der Waals surface area (Å²) >= 11 is 0. The van der Waals surface area contributed by atoms with Crippen LogP contribution in [0.25, 0.3) is 10.9 Å². The molecule has 1 aliphatic rings. The third-order valence-corrected chi connectivity index (χ3v) is 6.13. The van der Waals surface area contributed by atoms with Crippen molar-refractivity contribution < 1.29 is 14.6 Å². The number of carbonyl (C=O) groups is 1. The molecule has 0 amide bonds. The molecule has 0 aliphatic carbocycles. The number of fused-ring (bicyclic) bond motifs is 1. The van der Waals surface area contributed by atoms with Crippen LogP contribution >= 0.6 is 0 Å². The predicted octanol–water partition coefficient (Wildman–Crippen LogP) is 3.11. The normalized spacial score (nSPS) is 17.5. The predicted molar refractivity (Wildman–Crippen MR) is 123 cm³/mol. The first-order chi connectivity index (χ1) is 15.0. The molecule has 6 heteroatoms. The molecule has 2 atom stereocenters. The molecular weight excluding hydrogens is 390 g/mol. The molecule has 2 aromatic carbocycles. The lowest BCUT2D eigenvalue weighted by atomic mass is 10.0. The zero-order valence-electron chi connectivity index (χ0n) is 18.3. The van der Waals surface area contributed by atoms with E-state index in [1.807, 2.05) is 68.4 Å². The van der Waals surface area contributed by atoms with E-state index >= 15 is 0 Å². The molecule has 0 spiro atoms. The Bertz CT molecular complexity index is 1010. The number of ether oxygens (including phenoxy) is 1. The lowest BCUT2D eigenvalue weighted by Crippen LogP contribution is -2.53. The van der Waals surface area contributed by atoms with Crippen LogP contribution in [0, 0.1) is 6.92 Å². The van der Waals surface area contributed by atoms with E-state index in [2.05, 4.69) is 14.8 Å². The molecule has 0 radical (unpaired) electrons. The number of aromatic amines is 1. The van der Waals surface area contributed by atoms with E-state index in [1.165, 1.54) is 0 Å². The molecule has 2 N–H and O–H groups in total. The van der Waals surface area contributed by atoms with Crippen molar-refractivity contribution >= 4 is 16.7 Å². The Morgan fingerprint density at radius 2 is 1.74 bits per heavy atom. The lowest BCUT2D eigenvalue weighted by molar-refractivity contribution is 0.0368. The van der Waals surface area contributed by atoms with E-state index in [9.17, 15) is 9.90 Å². The van der Waals surface area contributed by atoms with Gasteiger partial charge in [0.2, 0.25) is 0 Å². The van der Waals surface area contributed by atoms with Gasteiger partial charge in [0.25, 0.3) is 0 Å². The molecule has 4 rings (SSSR count). The Labute approximate surface area is 183 Å². The highest BCUT2D eigenvalue weighted by Gasteiger charge is 2.29. The number of nitrogens with zero attached hydrogens (tertiary/aromatic N) is 2. The average Bonchev–Trinajstić information content (AvgIpc) is 3.13. The zero-order valence-corrected chi connectivity index (χ0v) is 18.3. The van der Waals surface area contributed by atoms with Crippen molar-refractivity contribution in [2.75, 3.05) is 39.3 Å². The Morgan fingerprint density at radius 3 is 2.48 bits per heavy atom. The van der Waals surface area contributed by atoms with Crippen molar-refractivity contribution in [2.24, 2.45) is 0 Å². The Hall–Kier alpha value is -2.67. The van der Waals surface area contributed by atoms with Gasteiger partial charge in [0, 0.05) is 54.9 Å². The van der Waals surface area contributed by atoms with Crippen LogP contribution in [0.2, 0.25) is 0 Å². The fourth-order valence-electron chi connectivity index (χ4n) is 4.36. The average molecular weight is 422 g/mol. The van der Waals surface area contributed by atoms with Crippen molar-refractivity contribution in [3.8, 4) is 5.75 Å². The lowest BCUT2D eigenvalue weighted by Gasteiger charge is -2.38. The summed E-state index contributed by atoms with van der Waals surface area (Å²) < 4.78 is 5.65. The summed E-state index contributed by atoms with van der Waals surface area (Å²) in [5.74, 6) is 0.936. The third-order valence-electron chi connectivity index (χ3n) is 6.13. The summed E-state index contributed by atoms with van der Waals surface area (Å²) in [5, 5.41) is 11.3. The number of para-hydroxylation sites is 2. The molecule has 2 unspecified atom stereocenters. The standard InChI is InChI=1S/C25H31N3O3/c1-18-24(22-10-6-7-11-23(22)26-18)25(30)19(2)28-14-12-27(13-15-28)16-20(29)17-31-21-8-4-3-5-9-21/h3-11,19-20,26,29H,12-17H2,1-2H3. The Kier molecular flexibility index (Phi) is 6.70. The van der Waals surface area contributed by atoms with Gasteiger partial charge in [-0.3, -0.25) is 14.6 Å². The third kappa shape index (κ3) is 4.98. The molecule has 1 aromatic heterocycles. The number of ketones is 1. The fraction of sp³-hybridized carbons (Fsp3) is 0.400. The summed E-state index contributed by atoms with van der Waals surface area (Å²) in [4.78, 5) is 21.1. The van der Waals surface area contributed by atoms with Gasteiger partial charge in [0.1, 0.15) is 18.5 Å². The van der Waals surface area contributed by atoms with Gasteiger partial charge in [0.15, 0.2) is 5.78 Å². The van der Waals surface area contributed by atoms with E-state index < -0.39 is 6.10 Å². The number of aromatic nitrogens is 1. The number of aliphatic hydroxyl groups is 1. The molecule has 0 bridgehead atoms. The second-order valence-electron chi connectivity index (χ2n) is 8.33. The van der Waals surface area contributed by atoms with Gasteiger partial charge < -0.3 is 14.8 Å². The zero-order chi connectivity index (χ0) is 21.8. The smallest absolute Gasteiger partial charge is 0.182 e. The number of aryl methyl sites for hydroxylation is 1. The van der Waals surface area contributed by atoms with Crippen molar-refractivity contribution in [2.45, 2.75) is 26.0 Å². The number of hydrogen-bond acceptors (Lipinski definition) is 5. The number of carbonyl (C=O) groups excluding carboxylic acids is 1. The quantitative estimate of drug-likeness (QED) is 0.547. The maximum atomic E-state index is 13.3. The number of nitrogens with one attached hydrogen (secondary N) is 1. The maximum absolute atomic E-state index is 13.3. The van der Waals surface area contributed by atoms with E-state index in [0.29, 0.717) is 6.54 Å². The van der Waals surface area contributed by atoms with Crippen LogP contribution in [0.1, 0.15) is 23.0 Å². The highest BCUT2D eigenvalue weighted by atomic mass is 16.5. The minimum absolute atomic E-state index is 0.166. The number of piperazine rings is 1. The maximum Gasteiger partial charge on any atom is 0.182 e. The highest BCUT2D eigenvalue weighted by Crippen LogP contribution is 2.24. The Morgan fingerprint density at radius 1 is 1.06 bits per heavy atom. The van der Waals surface area contributed by atoms with Crippen LogP contribution in [0.4, 0.5) is 0 Å². The molecule has 164 valence electrons. The molecule has 1 aliphatic heterocycles. The SMILES string of the molecule is Cc1[nH]c2ccccc2c1C(=O)C(C)N1CCN(CC(O)COc2ccccc2)CC1. The van der Waals surface area contributed by atoms with Gasteiger partial charge in [-0.15, -0.1) is 0 Å². The summed E-state index contributed by atoms with van der Waals surface area (Å²) in [6.45, 7) is 8.09. The summed E-state index contributed by atoms with van der Waals surface area (Å²) in [5.41, 5.74) is 2.74. The number of Topliss-reactive ketones (excluding diaryl/α,β-unsaturated/α-hetero) is 1. The van der Waals surface area contributed by atoms with Gasteiger partial charge in [-0.25, -0.2) is 0 Å². The second kappa shape index (κ2) is 9.64. The number of aliphatic hydroxyl groups excluding tert-OH is 1. The van der Waals surface area contributed by atoms with Crippen molar-refractivity contribution in [1.82, 2.24) is 14.8 Å². The first kappa shape index (κ1) is 21.6. The van der Waals surface area contributed by atoms with E-state index in [4.69, 9.17) is 4.74 Å². The van der Waals surface area contributed by atoms with Crippen molar-refractivity contribution in [1.29, 1.82) is 0 Å². The van der Waals surface area contributed by atoms with Gasteiger partial charge >= 0.3 is 0 Å². The number of β-amino-alcohol motifs (C(OH)–C–C–N with tert-alkyl or cyclic N) is 1. The monoisotopic (exact) mass is 421 g/mol. The topological polar surface area (TPSA) is 68.8 Å². The van der Waals surface area contributed by atoms with E-state index in [-0.39, 0.29) is 18.4 Å². The molecule has 31 heavy (non-hydrogen) atoms. The van der Waals surface area contributed by atoms with Gasteiger partial charge in [0.05, 0.1) is 6.04 Å². The number of H-pyrrole nitrogens is 1. The first-order valence-corrected chi connectivity index (χ1v) is 11.0. The number of rotatable bonds is 8. The molecular formula is C25H31N3O3. The van der Waals surface area contributed by atoms with Crippen LogP contribution in [-0.4, -0.2) is 77.2 Å². The molecule has 1 fully saturated rings. The van der Waals surface area contributed by atoms with Gasteiger partial charge in [-0.1, -0.05) is 36.4 Å². The largest absolute Gasteiger partial charge is 0.491 e. The van der Waals surface area contributed by atoms with E-state index in [1.54, 1.807) is 0 Å². The highest BCUT2D eigenvalue weighted by molar-refractivity contribution is 6.11. The molecule has 0 saturated carbocycles. The minimum atomic E-state index is -0.542. The second-order valence-corrected chi connectivity index (χ2v) is 8.33. The molecule has 2 heterocycles. The minimum Gasteiger partial charge on any atom is -0.491 e. The summed E-state index contributed by atoms with van der Waals surface area (Å²) in [6, 6.07) is 17.4. The number of benzene rings is 2. The Balaban J connectivity index is 1.29. The summed E-state index contributed by atoms with van der Waals surface area (Å²) in [6.07, 6.45) is -0.542. The van der Waals surface area contributed by atoms with Crippen molar-refractivity contribution in [3.05, 3.63) is 65.9 Å². The molecule has 1 saturated heterocycles. The molecule has 6 nitrogen and oxygen atoms in total. The van der Waals surface area contributed by atoms with E-state index in [0.717, 1.165) is 54.1 Å². The van der Waals surface area contributed by atoms with Crippen LogP contribution < -0.4 is 4.74 Å². The van der Waals surface area contributed by atoms with Crippen molar-refractivity contribution in [3.63, 3.8) is 0 Å². The molecule has 3 aromatic rings. The van der Waals surface area contributed by atoms with Crippen LogP contribution in [0.5, 0.6) is 5.75 Å². The van der Waals surface area contributed by atoms with Gasteiger partial charge in [-0.05, 0) is 32.0 Å². The van der Waals surface area contributed by atoms with Crippen LogP contribution in [0.15, 0.2) is 54.6 Å². The van der Waals surface area contributed by atoms with Gasteiger partial charge in [-0.2, -0.15) is 0 Å². The first-order valence-electron chi connectivity index (χ1n) is 11.0. The van der Waals surface area contributed by atoms with Crippen LogP contribution in [0.3, 0.4) is 0 Å². The summed E-state index contributed by atoms with van der Waals surface area (Å²) in [7, 11) is 0. The van der Waals surface area contributed by atoms with Crippen LogP contribution in [-0.2, 0) is 0 Å².